The molecule has 2 amide bonds. The number of aromatic amines is 1. The Morgan fingerprint density at radius 2 is 1.15 bits per heavy atom. The maximum atomic E-state index is 12.6. The van der Waals surface area contributed by atoms with Gasteiger partial charge in [0.15, 0.2) is 0 Å². The minimum atomic E-state index is -0.141. The molecule has 0 aliphatic heterocycles. The van der Waals surface area contributed by atoms with Gasteiger partial charge in [-0.25, -0.2) is 29.9 Å². The van der Waals surface area contributed by atoms with Crippen LogP contribution in [0.15, 0.2) is 110 Å². The van der Waals surface area contributed by atoms with Crippen molar-refractivity contribution in [2.45, 2.75) is 89.4 Å². The summed E-state index contributed by atoms with van der Waals surface area (Å²) in [6, 6.07) is 23.4. The first kappa shape index (κ1) is 46.4. The number of nitrogens with one attached hydrogen (secondary N) is 5. The Morgan fingerprint density at radius 1 is 0.612 bits per heavy atom. The normalized spacial score (nSPS) is 18.6. The first-order valence-electron chi connectivity index (χ1n) is 22.1. The quantitative estimate of drug-likeness (QED) is 0.0681. The number of aromatic nitrogens is 7. The molecule has 67 heavy (non-hydrogen) atoms. The lowest BCUT2D eigenvalue weighted by molar-refractivity contribution is 0.0917. The molecule has 2 aromatic carbocycles. The molecular formula is C50H53Cl2N13O2. The molecule has 15 nitrogen and oxygen atoms in total. The molecule has 0 bridgehead atoms. The molecule has 17 heteroatoms. The third kappa shape index (κ3) is 11.1. The highest BCUT2D eigenvalue weighted by Gasteiger charge is 2.27. The summed E-state index contributed by atoms with van der Waals surface area (Å²) in [6.45, 7) is 0. The van der Waals surface area contributed by atoms with E-state index in [9.17, 15) is 9.59 Å². The van der Waals surface area contributed by atoms with Crippen molar-refractivity contribution >= 4 is 75.0 Å². The molecule has 3 aliphatic carbocycles. The van der Waals surface area contributed by atoms with Gasteiger partial charge < -0.3 is 37.7 Å². The topological polar surface area (TPSA) is 227 Å². The van der Waals surface area contributed by atoms with Crippen LogP contribution in [0.4, 0.5) is 23.5 Å². The number of hydrogen-bond acceptors (Lipinski definition) is 12. The lowest BCUT2D eigenvalue weighted by Gasteiger charge is -2.30. The number of amides is 2. The zero-order valence-corrected chi connectivity index (χ0v) is 37.5. The fraction of sp³-hybridized carbons (Fsp3) is 0.280. The number of carbonyl (C=O) groups is 2. The van der Waals surface area contributed by atoms with Gasteiger partial charge in [0.1, 0.15) is 11.6 Å². The number of halogens is 2. The summed E-state index contributed by atoms with van der Waals surface area (Å²) in [5.74, 6) is 1.59. The van der Waals surface area contributed by atoms with Crippen molar-refractivity contribution < 1.29 is 9.59 Å². The number of nitrogens with zero attached hydrogens (tertiary/aromatic N) is 6. The Hall–Kier alpha value is -7.10. The van der Waals surface area contributed by atoms with Crippen LogP contribution in [0.5, 0.6) is 0 Å². The number of benzene rings is 2. The Morgan fingerprint density at radius 3 is 1.75 bits per heavy atom. The third-order valence-corrected chi connectivity index (χ3v) is 12.8. The van der Waals surface area contributed by atoms with E-state index < -0.39 is 0 Å². The van der Waals surface area contributed by atoms with Gasteiger partial charge in [-0.05, 0) is 99.2 Å². The second-order valence-electron chi connectivity index (χ2n) is 16.8. The average molecular weight is 939 g/mol. The maximum absolute atomic E-state index is 12.6. The number of allylic oxidation sites excluding steroid dienone is 1. The number of fused-ring (bicyclic) bond motifs is 2. The minimum absolute atomic E-state index is 0. The molecule has 5 aromatic heterocycles. The van der Waals surface area contributed by atoms with E-state index in [-0.39, 0.29) is 43.4 Å². The van der Waals surface area contributed by atoms with Crippen LogP contribution >= 0.6 is 23.2 Å². The number of nitrogen functional groups attached to an aromatic ring is 2. The Labute approximate surface area is 399 Å². The van der Waals surface area contributed by atoms with Gasteiger partial charge in [0.05, 0.1) is 45.0 Å². The Kier molecular flexibility index (Phi) is 14.6. The van der Waals surface area contributed by atoms with Gasteiger partial charge in [-0.3, -0.25) is 9.59 Å². The fourth-order valence-corrected chi connectivity index (χ4v) is 9.30. The lowest BCUT2D eigenvalue weighted by atomic mass is 9.91. The molecule has 5 heterocycles. The third-order valence-electron chi connectivity index (χ3n) is 12.2. The van der Waals surface area contributed by atoms with Crippen molar-refractivity contribution in [3.05, 3.63) is 148 Å². The summed E-state index contributed by atoms with van der Waals surface area (Å²) in [6.07, 6.45) is 18.6. The average Bonchev–Trinajstić information content (AvgIpc) is 3.96. The predicted molar refractivity (Wildman–Crippen MR) is 267 cm³/mol. The van der Waals surface area contributed by atoms with Crippen LogP contribution in [0.2, 0.25) is 10.0 Å². The molecule has 7 aromatic rings. The van der Waals surface area contributed by atoms with Crippen LogP contribution in [0, 0.1) is 0 Å². The summed E-state index contributed by atoms with van der Waals surface area (Å²) in [5, 5.41) is 15.2. The molecular weight excluding hydrogens is 886 g/mol. The van der Waals surface area contributed by atoms with E-state index in [1.165, 1.54) is 23.5 Å². The van der Waals surface area contributed by atoms with Crippen molar-refractivity contribution in [2.75, 3.05) is 22.1 Å². The molecule has 4 atom stereocenters. The summed E-state index contributed by atoms with van der Waals surface area (Å²) < 4.78 is 0. The number of rotatable bonds is 10. The van der Waals surface area contributed by atoms with Gasteiger partial charge in [-0.1, -0.05) is 79.2 Å². The summed E-state index contributed by atoms with van der Waals surface area (Å²) in [4.78, 5) is 54.7. The van der Waals surface area contributed by atoms with Crippen molar-refractivity contribution in [1.29, 1.82) is 0 Å². The number of carbonyl (C=O) groups excluding carboxylic acids is 2. The van der Waals surface area contributed by atoms with E-state index in [1.807, 2.05) is 42.6 Å². The van der Waals surface area contributed by atoms with Crippen LogP contribution in [0.1, 0.15) is 96.3 Å². The SMILES string of the molecule is C.Nc1ccc(C(=O)N[C@H]2CCC[C@@H](Nc3ncc(Cl)c(-c4c[nH]c5ccccc45)n3)C2)cn1.Nc1ccc(C(=O)N[C@H]2CCC[C@@H](Nc3ncc(Cl)c(C4=CCc5ccccc54)n3)C2)cn1. The van der Waals surface area contributed by atoms with Crippen LogP contribution < -0.4 is 32.7 Å². The largest absolute Gasteiger partial charge is 0.384 e. The fourth-order valence-electron chi connectivity index (χ4n) is 8.91. The van der Waals surface area contributed by atoms with Crippen molar-refractivity contribution in [1.82, 2.24) is 45.5 Å². The van der Waals surface area contributed by atoms with Gasteiger partial charge in [-0.2, -0.15) is 0 Å². The first-order chi connectivity index (χ1) is 32.1. The van der Waals surface area contributed by atoms with E-state index in [2.05, 4.69) is 64.4 Å². The molecule has 2 saturated carbocycles. The molecule has 0 radical (unpaired) electrons. The van der Waals surface area contributed by atoms with Crippen molar-refractivity contribution in [2.24, 2.45) is 0 Å². The number of pyridine rings is 2. The Balaban J connectivity index is 0.000000179. The van der Waals surface area contributed by atoms with E-state index in [1.54, 1.807) is 36.7 Å². The zero-order chi connectivity index (χ0) is 45.6. The second kappa shape index (κ2) is 21.0. The first-order valence-corrected chi connectivity index (χ1v) is 22.9. The molecule has 3 aliphatic rings. The zero-order valence-electron chi connectivity index (χ0n) is 36.0. The maximum Gasteiger partial charge on any atom is 0.253 e. The number of anilines is 4. The van der Waals surface area contributed by atoms with Gasteiger partial charge in [-0.15, -0.1) is 0 Å². The smallest absolute Gasteiger partial charge is 0.253 e. The van der Waals surface area contributed by atoms with E-state index in [0.717, 1.165) is 85.5 Å². The molecule has 344 valence electrons. The van der Waals surface area contributed by atoms with E-state index in [0.29, 0.717) is 50.4 Å². The second-order valence-corrected chi connectivity index (χ2v) is 17.6. The van der Waals surface area contributed by atoms with Crippen LogP contribution in [0.3, 0.4) is 0 Å². The highest BCUT2D eigenvalue weighted by atomic mass is 35.5. The van der Waals surface area contributed by atoms with E-state index in [4.69, 9.17) is 44.6 Å². The molecule has 10 rings (SSSR count). The van der Waals surface area contributed by atoms with Crippen LogP contribution in [0.25, 0.3) is 27.7 Å². The summed E-state index contributed by atoms with van der Waals surface area (Å²) in [5.41, 5.74) is 19.1. The summed E-state index contributed by atoms with van der Waals surface area (Å²) >= 11 is 12.9. The van der Waals surface area contributed by atoms with Crippen LogP contribution in [-0.2, 0) is 6.42 Å². The number of H-pyrrole nitrogens is 1. The van der Waals surface area contributed by atoms with Crippen molar-refractivity contribution in [3.63, 3.8) is 0 Å². The van der Waals surface area contributed by atoms with Gasteiger partial charge in [0.2, 0.25) is 11.9 Å². The molecule has 0 saturated heterocycles. The highest BCUT2D eigenvalue weighted by Crippen LogP contribution is 2.36. The van der Waals surface area contributed by atoms with Crippen molar-refractivity contribution in [3.8, 4) is 11.3 Å². The van der Waals surface area contributed by atoms with Gasteiger partial charge in [0, 0.05) is 64.8 Å². The molecule has 2 fully saturated rings. The Bertz CT molecular complexity index is 2890. The number of hydrogen-bond donors (Lipinski definition) is 7. The predicted octanol–water partition coefficient (Wildman–Crippen LogP) is 9.29. The van der Waals surface area contributed by atoms with E-state index >= 15 is 0 Å². The molecule has 0 unspecified atom stereocenters. The summed E-state index contributed by atoms with van der Waals surface area (Å²) in [7, 11) is 0. The minimum Gasteiger partial charge on any atom is -0.384 e. The van der Waals surface area contributed by atoms with Crippen LogP contribution in [-0.4, -0.2) is 70.9 Å². The number of nitrogens with two attached hydrogens (primary N) is 2. The van der Waals surface area contributed by atoms with Gasteiger partial charge in [0.25, 0.3) is 11.8 Å². The number of para-hydroxylation sites is 1. The standard InChI is InChI=1S/C25H25ClN6O.C24H24ClN7O.CH4/c26-21-14-29-25(32-23(21)20-10-8-15-4-1-2-7-19(15)20)31-18-6-3-5-17(12-18)30-24(33)16-9-11-22(27)28-13-16;25-19-13-29-24(32-22(19)18-12-27-20-7-2-1-6-17(18)20)31-16-5-3-4-15(10-16)30-23(33)14-8-9-21(26)28-11-14;/h1-2,4,7,9-11,13-14,17-18H,3,5-6,8,12H2,(H2,27,28)(H,30,33)(H,29,31,32);1-2,6-9,11-13,15-16,27H,3-5,10H2,(H2,26,28)(H,30,33)(H,29,31,32);1H4/t17-,18+;15-,16+;/m00./s1. The lowest BCUT2D eigenvalue weighted by Crippen LogP contribution is -2.42. The van der Waals surface area contributed by atoms with Gasteiger partial charge >= 0.3 is 0 Å². The molecule has 9 N–H and O–H groups in total. The highest BCUT2D eigenvalue weighted by molar-refractivity contribution is 6.33. The molecule has 0 spiro atoms. The monoisotopic (exact) mass is 937 g/mol.